The van der Waals surface area contributed by atoms with E-state index in [9.17, 15) is 19.8 Å². The lowest BCUT2D eigenvalue weighted by atomic mass is 10.0. The highest BCUT2D eigenvalue weighted by Gasteiger charge is 2.36. The minimum atomic E-state index is -0.774. The van der Waals surface area contributed by atoms with Gasteiger partial charge in [0.1, 0.15) is 24.1 Å². The van der Waals surface area contributed by atoms with E-state index < -0.39 is 12.1 Å². The summed E-state index contributed by atoms with van der Waals surface area (Å²) in [4.78, 5) is 25.8. The molecule has 46 heavy (non-hydrogen) atoms. The first-order valence-electron chi connectivity index (χ1n) is 18.8. The highest BCUT2D eigenvalue weighted by Crippen LogP contribution is 2.49. The van der Waals surface area contributed by atoms with Crippen molar-refractivity contribution in [3.8, 4) is 5.75 Å². The zero-order valence-electron chi connectivity index (χ0n) is 29.3. The van der Waals surface area contributed by atoms with E-state index in [0.717, 1.165) is 62.0 Å². The molecule has 0 aromatic heterocycles. The Hall–Kier alpha value is -1.18. The number of carbonyl (C=O) groups excluding carboxylic acids is 2. The maximum Gasteiger partial charge on any atom is 0.313 e. The Labute approximate surface area is 290 Å². The Morgan fingerprint density at radius 3 is 1.80 bits per heavy atom. The zero-order valence-corrected chi connectivity index (χ0v) is 30.9. The van der Waals surface area contributed by atoms with Crippen molar-refractivity contribution in [2.45, 2.75) is 184 Å². The summed E-state index contributed by atoms with van der Waals surface area (Å²) >= 11 is 3.79. The number of aliphatic hydroxyl groups excluding tert-OH is 1. The molecule has 1 aliphatic rings. The fraction of sp³-hybridized carbons (Fsp3) is 0.795. The second-order valence-electron chi connectivity index (χ2n) is 13.5. The number of hydrogen-bond donors (Lipinski definition) is 2. The number of phenolic OH excluding ortho intramolecular Hbond substituents is 1. The van der Waals surface area contributed by atoms with Crippen molar-refractivity contribution in [3.63, 3.8) is 0 Å². The summed E-state index contributed by atoms with van der Waals surface area (Å²) in [5, 5.41) is 20.6. The van der Waals surface area contributed by atoms with Crippen LogP contribution in [0.1, 0.15) is 167 Å². The second-order valence-corrected chi connectivity index (χ2v) is 16.8. The minimum Gasteiger partial charge on any atom is -0.508 e. The third-order valence-corrected chi connectivity index (χ3v) is 12.6. The van der Waals surface area contributed by atoms with Crippen LogP contribution < -0.4 is 0 Å². The number of phenols is 1. The van der Waals surface area contributed by atoms with E-state index >= 15 is 0 Å². The normalized spacial score (nSPS) is 15.2. The van der Waals surface area contributed by atoms with Gasteiger partial charge in [-0.25, -0.2) is 0 Å². The fourth-order valence-corrected chi connectivity index (χ4v) is 9.86. The molecule has 1 fully saturated rings. The number of aryl methyl sites for hydroxylation is 1. The van der Waals surface area contributed by atoms with Crippen LogP contribution in [0.2, 0.25) is 0 Å². The Morgan fingerprint density at radius 1 is 0.783 bits per heavy atom. The van der Waals surface area contributed by atoms with Crippen LogP contribution in [-0.2, 0) is 20.7 Å². The van der Waals surface area contributed by atoms with E-state index in [-0.39, 0.29) is 34.6 Å². The topological polar surface area (TPSA) is 83.8 Å². The lowest BCUT2D eigenvalue weighted by Gasteiger charge is -2.37. The van der Waals surface area contributed by atoms with Gasteiger partial charge in [0.2, 0.25) is 0 Å². The predicted molar refractivity (Wildman–Crippen MR) is 198 cm³/mol. The zero-order chi connectivity index (χ0) is 33.3. The lowest BCUT2D eigenvalue weighted by Crippen LogP contribution is -2.32. The van der Waals surface area contributed by atoms with Gasteiger partial charge >= 0.3 is 5.97 Å². The Balaban J connectivity index is 1.79. The molecule has 1 atom stereocenters. The lowest BCUT2D eigenvalue weighted by molar-refractivity contribution is -0.151. The first-order chi connectivity index (χ1) is 22.4. The highest BCUT2D eigenvalue weighted by atomic mass is 32.2. The maximum absolute atomic E-state index is 12.9. The number of benzene rings is 1. The second kappa shape index (κ2) is 25.8. The number of carbonyl (C=O) groups is 2. The molecule has 0 spiro atoms. The molecule has 0 saturated carbocycles. The summed E-state index contributed by atoms with van der Waals surface area (Å²) in [7, 11) is 0. The number of hydrogen-bond acceptors (Lipinski definition) is 7. The largest absolute Gasteiger partial charge is 0.508 e. The van der Waals surface area contributed by atoms with Gasteiger partial charge in [-0.05, 0) is 80.6 Å². The number of aliphatic hydroxyl groups is 1. The summed E-state index contributed by atoms with van der Waals surface area (Å²) in [6, 6.07) is 7.32. The van der Waals surface area contributed by atoms with E-state index in [1.807, 2.05) is 35.7 Å². The molecule has 7 heteroatoms. The fourth-order valence-electron chi connectivity index (χ4n) is 6.41. The average Bonchev–Trinajstić information content (AvgIpc) is 3.03. The van der Waals surface area contributed by atoms with E-state index in [0.29, 0.717) is 6.42 Å². The van der Waals surface area contributed by atoms with Crippen LogP contribution in [0.25, 0.3) is 0 Å². The van der Waals surface area contributed by atoms with Crippen molar-refractivity contribution in [3.05, 3.63) is 29.8 Å². The number of Topliss-reactive ketones (excluding diaryl/α,β-unsaturated/α-hetero) is 1. The SMILES string of the molecule is CCCCCCCCCCC(CCCCCCCCCC)OC(=O)CC(=O)CC(O)CC1(CCc2ccc(O)cc2)SCCCS1. The van der Waals surface area contributed by atoms with Crippen LogP contribution in [-0.4, -0.2) is 49.8 Å². The Bertz CT molecular complexity index is 895. The van der Waals surface area contributed by atoms with Gasteiger partial charge in [-0.3, -0.25) is 9.59 Å². The van der Waals surface area contributed by atoms with Gasteiger partial charge in [0.15, 0.2) is 0 Å². The van der Waals surface area contributed by atoms with Crippen LogP contribution in [0.15, 0.2) is 24.3 Å². The van der Waals surface area contributed by atoms with Gasteiger partial charge in [-0.2, -0.15) is 0 Å². The van der Waals surface area contributed by atoms with Gasteiger partial charge in [-0.15, -0.1) is 23.5 Å². The summed E-state index contributed by atoms with van der Waals surface area (Å²) in [5.41, 5.74) is 1.16. The van der Waals surface area contributed by atoms with Gasteiger partial charge < -0.3 is 14.9 Å². The number of unbranched alkanes of at least 4 members (excludes halogenated alkanes) is 14. The standard InChI is InChI=1S/C39H66O5S2/c1-3-5-7-9-11-13-15-17-20-37(21-18-16-14-12-10-8-6-4-2)44-38(43)31-35(41)30-36(42)32-39(45-28-19-29-46-39)27-26-33-22-24-34(40)25-23-33/h22-25,36-37,40,42H,3-21,26-32H2,1-2H3. The summed E-state index contributed by atoms with van der Waals surface area (Å²) in [6.45, 7) is 4.49. The number of ketones is 1. The highest BCUT2D eigenvalue weighted by molar-refractivity contribution is 8.18. The summed E-state index contributed by atoms with van der Waals surface area (Å²) < 4.78 is 5.77. The maximum atomic E-state index is 12.9. The number of aromatic hydroxyl groups is 1. The van der Waals surface area contributed by atoms with Crippen LogP contribution >= 0.6 is 23.5 Å². The third-order valence-electron chi connectivity index (χ3n) is 9.16. The molecule has 1 heterocycles. The molecular weight excluding hydrogens is 613 g/mol. The van der Waals surface area contributed by atoms with Crippen molar-refractivity contribution >= 4 is 35.3 Å². The molecule has 1 aromatic rings. The van der Waals surface area contributed by atoms with Crippen molar-refractivity contribution in [2.75, 3.05) is 11.5 Å². The number of ether oxygens (including phenoxy) is 1. The predicted octanol–water partition coefficient (Wildman–Crippen LogP) is 11.0. The quantitative estimate of drug-likeness (QED) is 0.0518. The summed E-state index contributed by atoms with van der Waals surface area (Å²) in [5.74, 6) is 1.71. The first-order valence-corrected chi connectivity index (χ1v) is 20.8. The summed E-state index contributed by atoms with van der Waals surface area (Å²) in [6.07, 6.45) is 24.1. The smallest absolute Gasteiger partial charge is 0.313 e. The first kappa shape index (κ1) is 41.0. The van der Waals surface area contributed by atoms with Crippen LogP contribution in [0, 0.1) is 0 Å². The minimum absolute atomic E-state index is 0.00207. The monoisotopic (exact) mass is 678 g/mol. The molecule has 1 aliphatic heterocycles. The van der Waals surface area contributed by atoms with Crippen LogP contribution in [0.4, 0.5) is 0 Å². The molecule has 5 nitrogen and oxygen atoms in total. The van der Waals surface area contributed by atoms with E-state index in [1.165, 1.54) is 89.9 Å². The Morgan fingerprint density at radius 2 is 1.28 bits per heavy atom. The van der Waals surface area contributed by atoms with Gasteiger partial charge in [0, 0.05) is 6.42 Å². The molecule has 0 amide bonds. The molecule has 0 bridgehead atoms. The van der Waals surface area contributed by atoms with Crippen molar-refractivity contribution in [1.82, 2.24) is 0 Å². The molecule has 1 unspecified atom stereocenters. The number of esters is 1. The van der Waals surface area contributed by atoms with Gasteiger partial charge in [0.05, 0.1) is 10.2 Å². The molecule has 1 saturated heterocycles. The van der Waals surface area contributed by atoms with Crippen molar-refractivity contribution in [2.24, 2.45) is 0 Å². The average molecular weight is 679 g/mol. The molecule has 1 aromatic carbocycles. The molecule has 0 radical (unpaired) electrons. The third kappa shape index (κ3) is 19.6. The molecule has 264 valence electrons. The number of rotatable bonds is 28. The Kier molecular flexibility index (Phi) is 23.0. The molecular formula is C39H66O5S2. The van der Waals surface area contributed by atoms with E-state index in [4.69, 9.17) is 4.74 Å². The number of thioether (sulfide) groups is 2. The molecule has 0 aliphatic carbocycles. The van der Waals surface area contributed by atoms with Crippen LogP contribution in [0.3, 0.4) is 0 Å². The van der Waals surface area contributed by atoms with Crippen molar-refractivity contribution in [1.29, 1.82) is 0 Å². The molecule has 2 rings (SSSR count). The van der Waals surface area contributed by atoms with Crippen LogP contribution in [0.5, 0.6) is 5.75 Å². The van der Waals surface area contributed by atoms with Crippen molar-refractivity contribution < 1.29 is 24.5 Å². The van der Waals surface area contributed by atoms with E-state index in [2.05, 4.69) is 13.8 Å². The van der Waals surface area contributed by atoms with Gasteiger partial charge in [0.25, 0.3) is 0 Å². The van der Waals surface area contributed by atoms with E-state index in [1.54, 1.807) is 12.1 Å². The molecule has 2 N–H and O–H groups in total. The van der Waals surface area contributed by atoms with Gasteiger partial charge in [-0.1, -0.05) is 116 Å².